The van der Waals surface area contributed by atoms with Crippen LogP contribution in [0.15, 0.2) is 24.3 Å². The molecule has 0 aromatic heterocycles. The minimum atomic E-state index is -3.34. The highest BCUT2D eigenvalue weighted by Gasteiger charge is 2.17. The molecule has 1 aromatic rings. The Kier molecular flexibility index (Phi) is 5.35. The third-order valence-corrected chi connectivity index (χ3v) is 4.11. The van der Waals surface area contributed by atoms with Gasteiger partial charge in [-0.3, -0.25) is 4.79 Å². The Morgan fingerprint density at radius 3 is 2.37 bits per heavy atom. The number of nitrogens with one attached hydrogen (secondary N) is 1. The molecule has 106 valence electrons. The molecule has 0 aliphatic rings. The molecule has 0 fully saturated rings. The Balaban J connectivity index is 2.53. The Morgan fingerprint density at radius 2 is 1.84 bits per heavy atom. The third kappa shape index (κ3) is 6.24. The molecule has 0 saturated heterocycles. The highest BCUT2D eigenvalue weighted by molar-refractivity contribution is 7.92. The Labute approximate surface area is 114 Å². The van der Waals surface area contributed by atoms with E-state index in [-0.39, 0.29) is 5.75 Å². The fraction of sp³-hybridized carbons (Fsp3) is 0.462. The van der Waals surface area contributed by atoms with Gasteiger partial charge in [-0.25, -0.2) is 8.42 Å². The van der Waals surface area contributed by atoms with Gasteiger partial charge in [-0.2, -0.15) is 0 Å². The van der Waals surface area contributed by atoms with Crippen molar-refractivity contribution in [3.63, 3.8) is 0 Å². The molecule has 6 heteroatoms. The van der Waals surface area contributed by atoms with Crippen LogP contribution in [-0.4, -0.2) is 25.8 Å². The molecule has 0 unspecified atom stereocenters. The molecular formula is C13H20N2O3S. The van der Waals surface area contributed by atoms with Gasteiger partial charge < -0.3 is 11.1 Å². The van der Waals surface area contributed by atoms with Crippen molar-refractivity contribution < 1.29 is 13.2 Å². The van der Waals surface area contributed by atoms with E-state index < -0.39 is 21.5 Å². The summed E-state index contributed by atoms with van der Waals surface area (Å²) >= 11 is 0. The van der Waals surface area contributed by atoms with Crippen molar-refractivity contribution in [2.24, 2.45) is 5.92 Å². The number of sulfone groups is 1. The lowest BCUT2D eigenvalue weighted by Gasteiger charge is -2.08. The molecule has 0 radical (unpaired) electrons. The first-order valence-electron chi connectivity index (χ1n) is 6.14. The van der Waals surface area contributed by atoms with Crippen LogP contribution in [0.4, 0.5) is 11.4 Å². The lowest BCUT2D eigenvalue weighted by Crippen LogP contribution is -2.25. The van der Waals surface area contributed by atoms with Gasteiger partial charge in [0.1, 0.15) is 5.75 Å². The summed E-state index contributed by atoms with van der Waals surface area (Å²) in [5, 5.41) is 2.54. The van der Waals surface area contributed by atoms with Gasteiger partial charge >= 0.3 is 0 Å². The van der Waals surface area contributed by atoms with Crippen LogP contribution in [0, 0.1) is 5.92 Å². The summed E-state index contributed by atoms with van der Waals surface area (Å²) in [6, 6.07) is 6.55. The van der Waals surface area contributed by atoms with Gasteiger partial charge in [-0.15, -0.1) is 0 Å². The van der Waals surface area contributed by atoms with Gasteiger partial charge in [0.25, 0.3) is 0 Å². The predicted molar refractivity (Wildman–Crippen MR) is 77.6 cm³/mol. The van der Waals surface area contributed by atoms with Gasteiger partial charge in [-0.05, 0) is 36.6 Å². The van der Waals surface area contributed by atoms with Crippen molar-refractivity contribution in [1.29, 1.82) is 0 Å². The summed E-state index contributed by atoms with van der Waals surface area (Å²) < 4.78 is 23.4. The standard InChI is InChI=1S/C13H20N2O3S/c1-10(2)7-8-19(17,18)9-13(16)15-12-5-3-11(14)4-6-12/h3-6,10H,7-9,14H2,1-2H3,(H,15,16). The molecule has 0 saturated carbocycles. The number of carbonyl (C=O) groups excluding carboxylic acids is 1. The Bertz CT molecular complexity index is 521. The molecule has 1 aromatic carbocycles. The van der Waals surface area contributed by atoms with Crippen LogP contribution in [0.25, 0.3) is 0 Å². The lowest BCUT2D eigenvalue weighted by molar-refractivity contribution is -0.113. The quantitative estimate of drug-likeness (QED) is 0.778. The van der Waals surface area contributed by atoms with Crippen molar-refractivity contribution in [1.82, 2.24) is 0 Å². The number of amides is 1. The molecule has 5 nitrogen and oxygen atoms in total. The monoisotopic (exact) mass is 284 g/mol. The van der Waals surface area contributed by atoms with Crippen molar-refractivity contribution in [3.05, 3.63) is 24.3 Å². The van der Waals surface area contributed by atoms with E-state index in [0.29, 0.717) is 23.7 Å². The van der Waals surface area contributed by atoms with E-state index in [0.717, 1.165) is 0 Å². The van der Waals surface area contributed by atoms with Crippen molar-refractivity contribution in [2.75, 3.05) is 22.6 Å². The Hall–Kier alpha value is -1.56. The van der Waals surface area contributed by atoms with Gasteiger partial charge in [0, 0.05) is 11.4 Å². The van der Waals surface area contributed by atoms with Gasteiger partial charge in [0.05, 0.1) is 5.75 Å². The van der Waals surface area contributed by atoms with E-state index in [1.165, 1.54) is 0 Å². The second kappa shape index (κ2) is 6.56. The van der Waals surface area contributed by atoms with E-state index in [1.807, 2.05) is 13.8 Å². The predicted octanol–water partition coefficient (Wildman–Crippen LogP) is 1.67. The van der Waals surface area contributed by atoms with Gasteiger partial charge in [0.2, 0.25) is 5.91 Å². The lowest BCUT2D eigenvalue weighted by atomic mass is 10.2. The average Bonchev–Trinajstić information content (AvgIpc) is 2.29. The van der Waals surface area contributed by atoms with E-state index in [4.69, 9.17) is 5.73 Å². The first-order valence-corrected chi connectivity index (χ1v) is 7.96. The third-order valence-electron chi connectivity index (χ3n) is 2.55. The molecule has 0 atom stereocenters. The number of nitrogen functional groups attached to an aromatic ring is 1. The second-order valence-electron chi connectivity index (χ2n) is 4.94. The number of rotatable bonds is 6. The fourth-order valence-corrected chi connectivity index (χ4v) is 2.90. The average molecular weight is 284 g/mol. The molecule has 0 spiro atoms. The molecule has 0 heterocycles. The summed E-state index contributed by atoms with van der Waals surface area (Å²) in [5.41, 5.74) is 6.64. The largest absolute Gasteiger partial charge is 0.399 e. The van der Waals surface area contributed by atoms with Gasteiger partial charge in [-0.1, -0.05) is 13.8 Å². The molecular weight excluding hydrogens is 264 g/mol. The number of benzene rings is 1. The zero-order chi connectivity index (χ0) is 14.5. The summed E-state index contributed by atoms with van der Waals surface area (Å²) in [4.78, 5) is 11.6. The molecule has 3 N–H and O–H groups in total. The normalized spacial score (nSPS) is 11.5. The van der Waals surface area contributed by atoms with E-state index >= 15 is 0 Å². The number of hydrogen-bond donors (Lipinski definition) is 2. The molecule has 0 aliphatic heterocycles. The van der Waals surface area contributed by atoms with Crippen LogP contribution < -0.4 is 11.1 Å². The van der Waals surface area contributed by atoms with Crippen LogP contribution in [0.3, 0.4) is 0 Å². The van der Waals surface area contributed by atoms with Crippen molar-refractivity contribution in [2.45, 2.75) is 20.3 Å². The van der Waals surface area contributed by atoms with Crippen LogP contribution in [0.5, 0.6) is 0 Å². The first kappa shape index (κ1) is 15.5. The number of nitrogens with two attached hydrogens (primary N) is 1. The number of anilines is 2. The maximum Gasteiger partial charge on any atom is 0.239 e. The zero-order valence-electron chi connectivity index (χ0n) is 11.2. The second-order valence-corrected chi connectivity index (χ2v) is 7.13. The number of carbonyl (C=O) groups is 1. The van der Waals surface area contributed by atoms with Crippen LogP contribution in [0.1, 0.15) is 20.3 Å². The summed E-state index contributed by atoms with van der Waals surface area (Å²) in [5.74, 6) is -0.660. The summed E-state index contributed by atoms with van der Waals surface area (Å²) in [6.07, 6.45) is 0.567. The van der Waals surface area contributed by atoms with E-state index in [9.17, 15) is 13.2 Å². The zero-order valence-corrected chi connectivity index (χ0v) is 12.0. The van der Waals surface area contributed by atoms with Gasteiger partial charge in [0.15, 0.2) is 9.84 Å². The molecule has 1 rings (SSSR count). The first-order chi connectivity index (χ1) is 8.78. The van der Waals surface area contributed by atoms with Crippen molar-refractivity contribution in [3.8, 4) is 0 Å². The summed E-state index contributed by atoms with van der Waals surface area (Å²) in [7, 11) is -3.34. The maximum absolute atomic E-state index is 11.7. The minimum absolute atomic E-state index is 0.0415. The molecule has 0 aliphatic carbocycles. The fourth-order valence-electron chi connectivity index (χ4n) is 1.45. The smallest absolute Gasteiger partial charge is 0.239 e. The molecule has 19 heavy (non-hydrogen) atoms. The highest BCUT2D eigenvalue weighted by atomic mass is 32.2. The van der Waals surface area contributed by atoms with E-state index in [2.05, 4.69) is 5.32 Å². The maximum atomic E-state index is 11.7. The SMILES string of the molecule is CC(C)CCS(=O)(=O)CC(=O)Nc1ccc(N)cc1. The number of hydrogen-bond acceptors (Lipinski definition) is 4. The Morgan fingerprint density at radius 1 is 1.26 bits per heavy atom. The van der Waals surface area contributed by atoms with E-state index in [1.54, 1.807) is 24.3 Å². The molecule has 0 bridgehead atoms. The highest BCUT2D eigenvalue weighted by Crippen LogP contribution is 2.11. The topological polar surface area (TPSA) is 89.3 Å². The molecule has 1 amide bonds. The minimum Gasteiger partial charge on any atom is -0.399 e. The van der Waals surface area contributed by atoms with Crippen LogP contribution in [0.2, 0.25) is 0 Å². The summed E-state index contributed by atoms with van der Waals surface area (Å²) in [6.45, 7) is 3.90. The van der Waals surface area contributed by atoms with Crippen molar-refractivity contribution >= 4 is 27.1 Å². The van der Waals surface area contributed by atoms with Crippen LogP contribution in [-0.2, 0) is 14.6 Å². The van der Waals surface area contributed by atoms with Crippen LogP contribution >= 0.6 is 0 Å².